The van der Waals surface area contributed by atoms with Crippen molar-refractivity contribution in [2.75, 3.05) is 17.7 Å². The molecule has 0 saturated heterocycles. The molecule has 0 spiro atoms. The number of carbonyl (C=O) groups excluding carboxylic acids is 1. The number of hydrogen-bond acceptors (Lipinski definition) is 6. The topological polar surface area (TPSA) is 76.1 Å². The fraction of sp³-hybridized carbons (Fsp3) is 0.190. The monoisotopic (exact) mass is 362 g/mol. The van der Waals surface area contributed by atoms with Crippen LogP contribution < -0.4 is 10.6 Å². The van der Waals surface area contributed by atoms with Gasteiger partial charge in [-0.25, -0.2) is 9.78 Å². The maximum Gasteiger partial charge on any atom is 0.339 e. The van der Waals surface area contributed by atoms with E-state index < -0.39 is 5.97 Å². The minimum atomic E-state index is -0.416. The molecule has 0 atom stereocenters. The highest BCUT2D eigenvalue weighted by molar-refractivity contribution is 5.96. The molecule has 0 amide bonds. The zero-order valence-electron chi connectivity index (χ0n) is 15.6. The number of aromatic nitrogens is 2. The fourth-order valence-electron chi connectivity index (χ4n) is 2.78. The summed E-state index contributed by atoms with van der Waals surface area (Å²) in [5.74, 6) is 0.672. The van der Waals surface area contributed by atoms with E-state index in [2.05, 4.69) is 33.6 Å². The highest BCUT2D eigenvalue weighted by Gasteiger charge is 2.13. The average molecular weight is 362 g/mol. The molecule has 1 heterocycles. The van der Waals surface area contributed by atoms with Crippen LogP contribution in [-0.4, -0.2) is 23.0 Å². The van der Waals surface area contributed by atoms with Gasteiger partial charge in [0.2, 0.25) is 5.95 Å². The molecule has 3 aromatic rings. The van der Waals surface area contributed by atoms with Crippen molar-refractivity contribution in [2.24, 2.45) is 0 Å². The lowest BCUT2D eigenvalue weighted by Gasteiger charge is -2.13. The van der Waals surface area contributed by atoms with Gasteiger partial charge < -0.3 is 15.4 Å². The van der Waals surface area contributed by atoms with E-state index in [9.17, 15) is 4.79 Å². The van der Waals surface area contributed by atoms with Gasteiger partial charge >= 0.3 is 5.97 Å². The van der Waals surface area contributed by atoms with Gasteiger partial charge in [-0.1, -0.05) is 37.3 Å². The zero-order valence-corrected chi connectivity index (χ0v) is 15.6. The molecule has 1 aromatic heterocycles. The van der Waals surface area contributed by atoms with Gasteiger partial charge in [0.25, 0.3) is 0 Å². The van der Waals surface area contributed by atoms with Gasteiger partial charge in [0, 0.05) is 17.4 Å². The summed E-state index contributed by atoms with van der Waals surface area (Å²) in [6.45, 7) is 4.01. The lowest BCUT2D eigenvalue weighted by atomic mass is 10.1. The Morgan fingerprint density at radius 3 is 2.44 bits per heavy atom. The first kappa shape index (κ1) is 18.4. The summed E-state index contributed by atoms with van der Waals surface area (Å²) < 4.78 is 4.83. The number of methoxy groups -OCH3 is 1. The van der Waals surface area contributed by atoms with Crippen LogP contribution in [0.1, 0.15) is 28.5 Å². The van der Waals surface area contributed by atoms with E-state index in [1.807, 2.05) is 37.3 Å². The second-order valence-electron chi connectivity index (χ2n) is 6.02. The molecule has 0 aliphatic rings. The van der Waals surface area contributed by atoms with E-state index in [1.54, 1.807) is 18.2 Å². The van der Waals surface area contributed by atoms with Crippen LogP contribution in [-0.2, 0) is 11.2 Å². The molecule has 0 aliphatic heterocycles. The number of esters is 1. The van der Waals surface area contributed by atoms with Crippen molar-refractivity contribution in [2.45, 2.75) is 20.3 Å². The molecule has 27 heavy (non-hydrogen) atoms. The highest BCUT2D eigenvalue weighted by Crippen LogP contribution is 2.24. The molecule has 2 aromatic carbocycles. The van der Waals surface area contributed by atoms with Crippen molar-refractivity contribution in [1.29, 1.82) is 0 Å². The summed E-state index contributed by atoms with van der Waals surface area (Å²) in [5.41, 5.74) is 4.05. The molecule has 6 heteroatoms. The van der Waals surface area contributed by atoms with Crippen LogP contribution in [0.15, 0.2) is 54.6 Å². The molecule has 0 saturated carbocycles. The fourth-order valence-corrected chi connectivity index (χ4v) is 2.78. The van der Waals surface area contributed by atoms with Crippen molar-refractivity contribution in [3.8, 4) is 0 Å². The van der Waals surface area contributed by atoms with Crippen LogP contribution in [0.25, 0.3) is 0 Å². The summed E-state index contributed by atoms with van der Waals surface area (Å²) in [5, 5.41) is 6.48. The molecule has 138 valence electrons. The lowest BCUT2D eigenvalue weighted by Crippen LogP contribution is -2.08. The van der Waals surface area contributed by atoms with Crippen molar-refractivity contribution in [1.82, 2.24) is 9.97 Å². The van der Waals surface area contributed by atoms with Crippen LogP contribution >= 0.6 is 0 Å². The number of benzene rings is 2. The Morgan fingerprint density at radius 2 is 1.70 bits per heavy atom. The lowest BCUT2D eigenvalue weighted by molar-refractivity contribution is 0.0602. The summed E-state index contributed by atoms with van der Waals surface area (Å²) in [6, 6.07) is 17.1. The normalized spacial score (nSPS) is 10.3. The van der Waals surface area contributed by atoms with E-state index in [0.29, 0.717) is 23.0 Å². The predicted molar refractivity (Wildman–Crippen MR) is 107 cm³/mol. The molecule has 0 unspecified atom stereocenters. The van der Waals surface area contributed by atoms with Gasteiger partial charge in [0.15, 0.2) is 0 Å². The first-order valence-corrected chi connectivity index (χ1v) is 8.75. The first-order chi connectivity index (χ1) is 13.1. The van der Waals surface area contributed by atoms with Crippen molar-refractivity contribution < 1.29 is 9.53 Å². The number of aryl methyl sites for hydroxylation is 2. The molecule has 0 aliphatic carbocycles. The second-order valence-corrected chi connectivity index (χ2v) is 6.02. The van der Waals surface area contributed by atoms with Gasteiger partial charge in [-0.05, 0) is 37.1 Å². The van der Waals surface area contributed by atoms with E-state index in [1.165, 1.54) is 12.7 Å². The predicted octanol–water partition coefficient (Wildman–Crippen LogP) is 4.62. The third-order valence-corrected chi connectivity index (χ3v) is 4.09. The molecule has 6 nitrogen and oxygen atoms in total. The minimum absolute atomic E-state index is 0.405. The Morgan fingerprint density at radius 1 is 1.00 bits per heavy atom. The molecular weight excluding hydrogens is 340 g/mol. The molecule has 0 radical (unpaired) electrons. The summed E-state index contributed by atoms with van der Waals surface area (Å²) in [6.07, 6.45) is 0.921. The van der Waals surface area contributed by atoms with Crippen LogP contribution in [0.4, 0.5) is 23.1 Å². The van der Waals surface area contributed by atoms with Gasteiger partial charge in [-0.15, -0.1) is 0 Å². The number of para-hydroxylation sites is 2. The average Bonchev–Trinajstić information content (AvgIpc) is 2.68. The van der Waals surface area contributed by atoms with Gasteiger partial charge in [0.05, 0.1) is 18.4 Å². The van der Waals surface area contributed by atoms with Gasteiger partial charge in [-0.2, -0.15) is 4.98 Å². The molecular formula is C21H22N4O2. The van der Waals surface area contributed by atoms with Gasteiger partial charge in [0.1, 0.15) is 5.82 Å². The van der Waals surface area contributed by atoms with Gasteiger partial charge in [-0.3, -0.25) is 0 Å². The summed E-state index contributed by atoms with van der Waals surface area (Å²) in [7, 11) is 1.36. The molecule has 0 fully saturated rings. The summed E-state index contributed by atoms with van der Waals surface area (Å²) >= 11 is 0. The minimum Gasteiger partial charge on any atom is -0.465 e. The molecule has 0 bridgehead atoms. The maximum atomic E-state index is 12.0. The Labute approximate surface area is 158 Å². The maximum absolute atomic E-state index is 12.0. The molecule has 2 N–H and O–H groups in total. The number of anilines is 4. The van der Waals surface area contributed by atoms with Crippen LogP contribution in [0.3, 0.4) is 0 Å². The third kappa shape index (κ3) is 4.41. The highest BCUT2D eigenvalue weighted by atomic mass is 16.5. The van der Waals surface area contributed by atoms with Crippen LogP contribution in [0.2, 0.25) is 0 Å². The molecule has 3 rings (SSSR count). The zero-order chi connectivity index (χ0) is 19.2. The van der Waals surface area contributed by atoms with E-state index in [0.717, 1.165) is 17.8 Å². The SMILES string of the molecule is CCc1ccccc1Nc1cc(C)nc(Nc2ccccc2C(=O)OC)n1. The number of hydrogen-bond donors (Lipinski definition) is 2. The van der Waals surface area contributed by atoms with Crippen LogP contribution in [0.5, 0.6) is 0 Å². The Balaban J connectivity index is 1.90. The van der Waals surface area contributed by atoms with Crippen LogP contribution in [0, 0.1) is 6.92 Å². The quantitative estimate of drug-likeness (QED) is 0.623. The number of rotatable bonds is 6. The van der Waals surface area contributed by atoms with E-state index in [-0.39, 0.29) is 0 Å². The standard InChI is InChI=1S/C21H22N4O2/c1-4-15-9-5-7-11-17(15)23-19-13-14(2)22-21(25-19)24-18-12-8-6-10-16(18)20(26)27-3/h5-13H,4H2,1-3H3,(H2,22,23,24,25). The van der Waals surface area contributed by atoms with Crippen molar-refractivity contribution in [3.05, 3.63) is 71.4 Å². The number of carbonyl (C=O) groups is 1. The smallest absolute Gasteiger partial charge is 0.339 e. The number of ether oxygens (including phenoxy) is 1. The Hall–Kier alpha value is -3.41. The summed E-state index contributed by atoms with van der Waals surface area (Å²) in [4.78, 5) is 20.9. The number of nitrogens with zero attached hydrogens (tertiary/aromatic N) is 2. The third-order valence-electron chi connectivity index (χ3n) is 4.09. The van der Waals surface area contributed by atoms with Crippen molar-refractivity contribution >= 4 is 29.1 Å². The number of nitrogens with one attached hydrogen (secondary N) is 2. The van der Waals surface area contributed by atoms with Crippen molar-refractivity contribution in [3.63, 3.8) is 0 Å². The Bertz CT molecular complexity index is 956. The Kier molecular flexibility index (Phi) is 5.66. The van der Waals surface area contributed by atoms with E-state index >= 15 is 0 Å². The first-order valence-electron chi connectivity index (χ1n) is 8.75. The largest absolute Gasteiger partial charge is 0.465 e. The van der Waals surface area contributed by atoms with E-state index in [4.69, 9.17) is 4.74 Å². The second kappa shape index (κ2) is 8.31.